The van der Waals surface area contributed by atoms with Gasteiger partial charge in [-0.05, 0) is 29.0 Å². The van der Waals surface area contributed by atoms with Gasteiger partial charge < -0.3 is 5.32 Å². The van der Waals surface area contributed by atoms with Gasteiger partial charge in [0.25, 0.3) is 5.91 Å². The van der Waals surface area contributed by atoms with E-state index in [9.17, 15) is 13.2 Å². The van der Waals surface area contributed by atoms with E-state index in [1.54, 1.807) is 0 Å². The first kappa shape index (κ1) is 21.0. The van der Waals surface area contributed by atoms with Crippen LogP contribution in [0.2, 0.25) is 0 Å². The number of benzene rings is 1. The van der Waals surface area contributed by atoms with Crippen LogP contribution in [0.15, 0.2) is 39.9 Å². The summed E-state index contributed by atoms with van der Waals surface area (Å²) in [6, 6.07) is 9.73. The zero-order chi connectivity index (χ0) is 20.5. The van der Waals surface area contributed by atoms with E-state index in [-0.39, 0.29) is 21.6 Å². The van der Waals surface area contributed by atoms with E-state index in [1.165, 1.54) is 22.6 Å². The van der Waals surface area contributed by atoms with E-state index in [4.69, 9.17) is 5.14 Å². The first-order valence-corrected chi connectivity index (χ1v) is 11.7. The highest BCUT2D eigenvalue weighted by Crippen LogP contribution is 2.25. The summed E-state index contributed by atoms with van der Waals surface area (Å²) in [5, 5.41) is 9.78. The van der Waals surface area contributed by atoms with Crippen LogP contribution >= 0.6 is 11.3 Å². The number of carbonyl (C=O) groups is 1. The number of nitrogens with two attached hydrogens (primary N) is 1. The molecule has 152 valence electrons. The van der Waals surface area contributed by atoms with Crippen molar-refractivity contribution in [1.29, 1.82) is 0 Å². The third kappa shape index (κ3) is 5.00. The second-order valence-corrected chi connectivity index (χ2v) is 11.0. The number of rotatable bonds is 5. The number of thiophene rings is 1. The SMILES string of the molecule is CC(C)(C)C(CN1CCc2ccccc2C1)NC(=O)c1csc(S(N)(=O)=O)c1. The number of hydrogen-bond donors (Lipinski definition) is 2. The molecule has 0 saturated heterocycles. The Labute approximate surface area is 170 Å². The average molecular weight is 422 g/mol. The monoisotopic (exact) mass is 421 g/mol. The fourth-order valence-electron chi connectivity index (χ4n) is 3.33. The van der Waals surface area contributed by atoms with Crippen LogP contribution in [0.1, 0.15) is 42.3 Å². The van der Waals surface area contributed by atoms with Gasteiger partial charge in [0.05, 0.1) is 5.56 Å². The van der Waals surface area contributed by atoms with Crippen LogP contribution in [-0.2, 0) is 23.0 Å². The predicted octanol–water partition coefficient (Wildman–Crippen LogP) is 2.60. The van der Waals surface area contributed by atoms with Crippen LogP contribution in [0.5, 0.6) is 0 Å². The summed E-state index contributed by atoms with van der Waals surface area (Å²) in [4.78, 5) is 15.1. The molecule has 1 amide bonds. The Kier molecular flexibility index (Phi) is 5.95. The molecule has 2 heterocycles. The maximum atomic E-state index is 12.7. The van der Waals surface area contributed by atoms with Gasteiger partial charge in [-0.3, -0.25) is 9.69 Å². The lowest BCUT2D eigenvalue weighted by Crippen LogP contribution is -2.51. The van der Waals surface area contributed by atoms with E-state index in [1.807, 2.05) is 0 Å². The van der Waals surface area contributed by atoms with Crippen molar-refractivity contribution in [3.05, 3.63) is 52.4 Å². The number of fused-ring (bicyclic) bond motifs is 1. The van der Waals surface area contributed by atoms with Crippen molar-refractivity contribution in [3.63, 3.8) is 0 Å². The van der Waals surface area contributed by atoms with Gasteiger partial charge in [0.2, 0.25) is 10.0 Å². The number of carbonyl (C=O) groups excluding carboxylic acids is 1. The molecule has 3 rings (SSSR count). The van der Waals surface area contributed by atoms with Crippen molar-refractivity contribution in [2.24, 2.45) is 10.6 Å². The molecule has 1 unspecified atom stereocenters. The molecule has 0 saturated carbocycles. The lowest BCUT2D eigenvalue weighted by molar-refractivity contribution is 0.0863. The van der Waals surface area contributed by atoms with E-state index in [0.717, 1.165) is 37.4 Å². The molecule has 0 radical (unpaired) electrons. The number of amides is 1. The van der Waals surface area contributed by atoms with Gasteiger partial charge in [-0.25, -0.2) is 13.6 Å². The molecule has 28 heavy (non-hydrogen) atoms. The minimum atomic E-state index is -3.79. The van der Waals surface area contributed by atoms with Crippen molar-refractivity contribution < 1.29 is 13.2 Å². The Hall–Kier alpha value is -1.74. The lowest BCUT2D eigenvalue weighted by Gasteiger charge is -2.37. The van der Waals surface area contributed by atoms with Gasteiger partial charge >= 0.3 is 0 Å². The summed E-state index contributed by atoms with van der Waals surface area (Å²) in [7, 11) is -3.79. The van der Waals surface area contributed by atoms with Crippen LogP contribution in [0.25, 0.3) is 0 Å². The molecule has 0 fully saturated rings. The molecule has 2 aromatic rings. The van der Waals surface area contributed by atoms with Gasteiger partial charge in [-0.2, -0.15) is 0 Å². The highest BCUT2D eigenvalue weighted by molar-refractivity contribution is 7.91. The highest BCUT2D eigenvalue weighted by atomic mass is 32.2. The molecule has 6 nitrogen and oxygen atoms in total. The third-order valence-corrected chi connectivity index (χ3v) is 7.51. The second-order valence-electron chi connectivity index (χ2n) is 8.35. The zero-order valence-corrected chi connectivity index (χ0v) is 18.1. The van der Waals surface area contributed by atoms with Crippen LogP contribution in [0.4, 0.5) is 0 Å². The van der Waals surface area contributed by atoms with Crippen LogP contribution in [0, 0.1) is 5.41 Å². The van der Waals surface area contributed by atoms with Crippen LogP contribution < -0.4 is 10.5 Å². The summed E-state index contributed by atoms with van der Waals surface area (Å²) in [5.41, 5.74) is 2.91. The standard InChI is InChI=1S/C20H27N3O3S2/c1-20(2,3)17(12-23-9-8-14-6-4-5-7-15(14)11-23)22-19(24)16-10-18(27-13-16)28(21,25)26/h4-7,10,13,17H,8-9,11-12H2,1-3H3,(H,22,24)(H2,21,25,26). The van der Waals surface area contributed by atoms with Gasteiger partial charge in [0.15, 0.2) is 0 Å². The molecule has 3 N–H and O–H groups in total. The van der Waals surface area contributed by atoms with E-state index < -0.39 is 10.0 Å². The summed E-state index contributed by atoms with van der Waals surface area (Å²) >= 11 is 0.963. The highest BCUT2D eigenvalue weighted by Gasteiger charge is 2.30. The quantitative estimate of drug-likeness (QED) is 0.776. The number of nitrogens with one attached hydrogen (secondary N) is 1. The zero-order valence-electron chi connectivity index (χ0n) is 16.4. The van der Waals surface area contributed by atoms with E-state index in [2.05, 4.69) is 55.3 Å². The minimum absolute atomic E-state index is 0.00223. The second kappa shape index (κ2) is 7.94. The molecule has 1 aromatic carbocycles. The number of primary sulfonamides is 1. The molecule has 0 bridgehead atoms. The van der Waals surface area contributed by atoms with E-state index in [0.29, 0.717) is 5.56 Å². The lowest BCUT2D eigenvalue weighted by atomic mass is 9.85. The Morgan fingerprint density at radius 1 is 1.29 bits per heavy atom. The molecular weight excluding hydrogens is 394 g/mol. The summed E-state index contributed by atoms with van der Waals surface area (Å²) < 4.78 is 22.9. The molecule has 0 aliphatic carbocycles. The number of sulfonamides is 1. The normalized spacial score (nSPS) is 16.4. The van der Waals surface area contributed by atoms with Gasteiger partial charge in [0, 0.05) is 31.1 Å². The van der Waals surface area contributed by atoms with Crippen molar-refractivity contribution >= 4 is 27.3 Å². The first-order valence-electron chi connectivity index (χ1n) is 9.25. The van der Waals surface area contributed by atoms with Crippen molar-refractivity contribution in [2.75, 3.05) is 13.1 Å². The molecule has 1 aromatic heterocycles. The topological polar surface area (TPSA) is 92.5 Å². The molecular formula is C20H27N3O3S2. The Morgan fingerprint density at radius 2 is 1.96 bits per heavy atom. The molecule has 8 heteroatoms. The maximum Gasteiger partial charge on any atom is 0.252 e. The smallest absolute Gasteiger partial charge is 0.252 e. The maximum absolute atomic E-state index is 12.7. The fourth-order valence-corrected chi connectivity index (χ4v) is 4.92. The Balaban J connectivity index is 1.71. The summed E-state index contributed by atoms with van der Waals surface area (Å²) in [6.07, 6.45) is 1.00. The molecule has 1 aliphatic rings. The van der Waals surface area contributed by atoms with Gasteiger partial charge in [-0.1, -0.05) is 45.0 Å². The molecule has 1 atom stereocenters. The largest absolute Gasteiger partial charge is 0.347 e. The van der Waals surface area contributed by atoms with E-state index >= 15 is 0 Å². The molecule has 1 aliphatic heterocycles. The van der Waals surface area contributed by atoms with Gasteiger partial charge in [0.1, 0.15) is 4.21 Å². The van der Waals surface area contributed by atoms with Gasteiger partial charge in [-0.15, -0.1) is 11.3 Å². The average Bonchev–Trinajstić information content (AvgIpc) is 3.11. The minimum Gasteiger partial charge on any atom is -0.347 e. The summed E-state index contributed by atoms with van der Waals surface area (Å²) in [5.74, 6) is -0.275. The first-order chi connectivity index (χ1) is 13.0. The van der Waals surface area contributed by atoms with Crippen LogP contribution in [-0.4, -0.2) is 38.4 Å². The molecule has 0 spiro atoms. The number of nitrogens with zero attached hydrogens (tertiary/aromatic N) is 1. The van der Waals surface area contributed by atoms with Crippen LogP contribution in [0.3, 0.4) is 0 Å². The Morgan fingerprint density at radius 3 is 2.57 bits per heavy atom. The van der Waals surface area contributed by atoms with Crippen molar-refractivity contribution in [3.8, 4) is 0 Å². The van der Waals surface area contributed by atoms with Crippen molar-refractivity contribution in [2.45, 2.75) is 44.0 Å². The fraction of sp³-hybridized carbons (Fsp3) is 0.450. The number of hydrogen-bond acceptors (Lipinski definition) is 5. The Bertz CT molecular complexity index is 961. The summed E-state index contributed by atoms with van der Waals surface area (Å²) in [6.45, 7) is 8.84. The predicted molar refractivity (Wildman–Crippen MR) is 112 cm³/mol. The van der Waals surface area contributed by atoms with Crippen molar-refractivity contribution in [1.82, 2.24) is 10.2 Å². The third-order valence-electron chi connectivity index (χ3n) is 5.12.